The molecular formula is C24H17ClN2O4. The summed E-state index contributed by atoms with van der Waals surface area (Å²) >= 11 is 6.03. The van der Waals surface area contributed by atoms with Crippen molar-refractivity contribution in [2.24, 2.45) is 0 Å². The highest BCUT2D eigenvalue weighted by Crippen LogP contribution is 2.45. The summed E-state index contributed by atoms with van der Waals surface area (Å²) in [5.41, 5.74) is 2.88. The van der Waals surface area contributed by atoms with Gasteiger partial charge in [-0.1, -0.05) is 29.8 Å². The molecule has 4 aromatic rings. The Balaban J connectivity index is 1.77. The first-order valence-corrected chi connectivity index (χ1v) is 10.0. The van der Waals surface area contributed by atoms with E-state index in [0.717, 1.165) is 22.2 Å². The summed E-state index contributed by atoms with van der Waals surface area (Å²) in [5.74, 6) is -1.74. The van der Waals surface area contributed by atoms with Crippen molar-refractivity contribution >= 4 is 39.9 Å². The maximum Gasteiger partial charge on any atom is 0.294 e. The Morgan fingerprint density at radius 2 is 1.84 bits per heavy atom. The number of hydrogen-bond donors (Lipinski definition) is 2. The van der Waals surface area contributed by atoms with Crippen molar-refractivity contribution in [3.05, 3.63) is 100 Å². The van der Waals surface area contributed by atoms with Gasteiger partial charge in [-0.3, -0.25) is 14.5 Å². The van der Waals surface area contributed by atoms with Crippen molar-refractivity contribution in [2.45, 2.75) is 13.0 Å². The predicted octanol–water partition coefficient (Wildman–Crippen LogP) is 5.51. The van der Waals surface area contributed by atoms with Crippen molar-refractivity contribution < 1.29 is 19.1 Å². The number of H-pyrrole nitrogens is 1. The number of ketones is 1. The molecule has 31 heavy (non-hydrogen) atoms. The van der Waals surface area contributed by atoms with E-state index in [0.29, 0.717) is 10.7 Å². The minimum Gasteiger partial charge on any atom is -0.503 e. The van der Waals surface area contributed by atoms with E-state index in [1.807, 2.05) is 31.2 Å². The molecular weight excluding hydrogens is 416 g/mol. The third kappa shape index (κ3) is 2.95. The SMILES string of the molecule is Cc1[nH]c2ccccc2c1C1C(C(=O)c2ccco2)=C(O)C(=O)N1c1ccc(Cl)cc1. The van der Waals surface area contributed by atoms with Crippen LogP contribution in [0.5, 0.6) is 0 Å². The quantitative estimate of drug-likeness (QED) is 0.416. The van der Waals surface area contributed by atoms with Crippen LogP contribution in [0, 0.1) is 6.92 Å². The monoisotopic (exact) mass is 432 g/mol. The van der Waals surface area contributed by atoms with E-state index in [1.165, 1.54) is 17.2 Å². The molecule has 2 aromatic heterocycles. The number of anilines is 1. The summed E-state index contributed by atoms with van der Waals surface area (Å²) in [5, 5.41) is 12.2. The summed E-state index contributed by atoms with van der Waals surface area (Å²) in [7, 11) is 0. The number of aliphatic hydroxyl groups is 1. The predicted molar refractivity (Wildman–Crippen MR) is 117 cm³/mol. The Bertz CT molecular complexity index is 1350. The third-order valence-electron chi connectivity index (χ3n) is 5.52. The van der Waals surface area contributed by atoms with E-state index in [4.69, 9.17) is 16.0 Å². The number of furan rings is 1. The Hall–Kier alpha value is -3.77. The third-order valence-corrected chi connectivity index (χ3v) is 5.77. The Labute approximate surface area is 182 Å². The van der Waals surface area contributed by atoms with E-state index in [9.17, 15) is 14.7 Å². The molecule has 0 aliphatic carbocycles. The molecule has 0 bridgehead atoms. The number of benzene rings is 2. The highest BCUT2D eigenvalue weighted by molar-refractivity contribution is 6.30. The second-order valence-corrected chi connectivity index (χ2v) is 7.77. The number of aromatic amines is 1. The fourth-order valence-corrected chi connectivity index (χ4v) is 4.30. The molecule has 7 heteroatoms. The average Bonchev–Trinajstić information content (AvgIpc) is 3.46. The fourth-order valence-electron chi connectivity index (χ4n) is 4.17. The van der Waals surface area contributed by atoms with Crippen LogP contribution in [0.15, 0.2) is 82.7 Å². The molecule has 2 aromatic carbocycles. The van der Waals surface area contributed by atoms with Crippen molar-refractivity contribution in [2.75, 3.05) is 4.90 Å². The van der Waals surface area contributed by atoms with Crippen LogP contribution in [-0.4, -0.2) is 21.8 Å². The molecule has 0 fully saturated rings. The minimum absolute atomic E-state index is 0.0252. The molecule has 0 radical (unpaired) electrons. The average molecular weight is 433 g/mol. The molecule has 2 N–H and O–H groups in total. The largest absolute Gasteiger partial charge is 0.503 e. The first kappa shape index (κ1) is 19.2. The zero-order valence-electron chi connectivity index (χ0n) is 16.4. The number of halogens is 1. The smallest absolute Gasteiger partial charge is 0.294 e. The summed E-state index contributed by atoms with van der Waals surface area (Å²) in [6.07, 6.45) is 1.38. The van der Waals surface area contributed by atoms with Crippen molar-refractivity contribution in [1.29, 1.82) is 0 Å². The molecule has 1 aliphatic heterocycles. The lowest BCUT2D eigenvalue weighted by Gasteiger charge is -2.27. The number of rotatable bonds is 4. The molecule has 154 valence electrons. The van der Waals surface area contributed by atoms with Crippen LogP contribution in [0.25, 0.3) is 10.9 Å². The van der Waals surface area contributed by atoms with Crippen LogP contribution in [0.3, 0.4) is 0 Å². The number of aliphatic hydroxyl groups excluding tert-OH is 1. The van der Waals surface area contributed by atoms with Gasteiger partial charge in [-0.2, -0.15) is 0 Å². The number of hydrogen-bond acceptors (Lipinski definition) is 4. The van der Waals surface area contributed by atoms with Crippen molar-refractivity contribution in [1.82, 2.24) is 4.98 Å². The number of fused-ring (bicyclic) bond motifs is 1. The van der Waals surface area contributed by atoms with Gasteiger partial charge in [-0.05, 0) is 49.4 Å². The molecule has 3 heterocycles. The van der Waals surface area contributed by atoms with E-state index in [2.05, 4.69) is 4.98 Å². The van der Waals surface area contributed by atoms with Gasteiger partial charge in [0.05, 0.1) is 17.9 Å². The Kier molecular flexibility index (Phi) is 4.45. The maximum atomic E-state index is 13.3. The number of Topliss-reactive ketones (excluding diaryl/α,β-unsaturated/α-hetero) is 1. The minimum atomic E-state index is -0.845. The highest BCUT2D eigenvalue weighted by atomic mass is 35.5. The first-order chi connectivity index (χ1) is 15.0. The van der Waals surface area contributed by atoms with Crippen LogP contribution in [-0.2, 0) is 4.79 Å². The number of para-hydroxylation sites is 1. The summed E-state index contributed by atoms with van der Waals surface area (Å²) in [6.45, 7) is 1.88. The van der Waals surface area contributed by atoms with Crippen molar-refractivity contribution in [3.63, 3.8) is 0 Å². The standard InChI is InChI=1S/C24H17ClN2O4/c1-13-19(16-5-2-3-6-17(16)26-13)21-20(22(28)18-7-4-12-31-18)23(29)24(30)27(21)15-10-8-14(25)9-11-15/h2-12,21,26,29H,1H3. The number of carbonyl (C=O) groups excluding carboxylic acids is 2. The van der Waals surface area contributed by atoms with Crippen molar-refractivity contribution in [3.8, 4) is 0 Å². The van der Waals surface area contributed by atoms with Gasteiger partial charge in [0.2, 0.25) is 5.78 Å². The lowest BCUT2D eigenvalue weighted by molar-refractivity contribution is -0.117. The van der Waals surface area contributed by atoms with Gasteiger partial charge in [0.25, 0.3) is 5.91 Å². The van der Waals surface area contributed by atoms with Crippen LogP contribution in [0.2, 0.25) is 5.02 Å². The topological polar surface area (TPSA) is 86.5 Å². The second-order valence-electron chi connectivity index (χ2n) is 7.33. The number of amides is 1. The van der Waals surface area contributed by atoms with Gasteiger partial charge < -0.3 is 14.5 Å². The van der Waals surface area contributed by atoms with Gasteiger partial charge in [0.15, 0.2) is 11.5 Å². The molecule has 6 nitrogen and oxygen atoms in total. The van der Waals surface area contributed by atoms with Gasteiger partial charge in [-0.15, -0.1) is 0 Å². The first-order valence-electron chi connectivity index (χ1n) is 9.65. The molecule has 0 saturated carbocycles. The Morgan fingerprint density at radius 3 is 2.55 bits per heavy atom. The molecule has 1 atom stereocenters. The number of nitrogens with zero attached hydrogens (tertiary/aromatic N) is 1. The number of carbonyl (C=O) groups is 2. The lowest BCUT2D eigenvalue weighted by Crippen LogP contribution is -2.31. The van der Waals surface area contributed by atoms with E-state index in [1.54, 1.807) is 30.3 Å². The normalized spacial score (nSPS) is 16.5. The van der Waals surface area contributed by atoms with E-state index in [-0.39, 0.29) is 11.3 Å². The van der Waals surface area contributed by atoms with Gasteiger partial charge in [0.1, 0.15) is 0 Å². The summed E-state index contributed by atoms with van der Waals surface area (Å²) < 4.78 is 5.28. The van der Waals surface area contributed by atoms with Gasteiger partial charge in [-0.25, -0.2) is 0 Å². The van der Waals surface area contributed by atoms with Crippen LogP contribution in [0.1, 0.15) is 27.9 Å². The molecule has 5 rings (SSSR count). The van der Waals surface area contributed by atoms with Gasteiger partial charge >= 0.3 is 0 Å². The fraction of sp³-hybridized carbons (Fsp3) is 0.0833. The Morgan fingerprint density at radius 1 is 1.10 bits per heavy atom. The number of aryl methyl sites for hydroxylation is 1. The van der Waals surface area contributed by atoms with Crippen LogP contribution < -0.4 is 4.90 Å². The molecule has 0 spiro atoms. The zero-order valence-corrected chi connectivity index (χ0v) is 17.2. The molecule has 1 unspecified atom stereocenters. The highest BCUT2D eigenvalue weighted by Gasteiger charge is 2.46. The summed E-state index contributed by atoms with van der Waals surface area (Å²) in [4.78, 5) is 31.3. The van der Waals surface area contributed by atoms with Gasteiger partial charge in [0, 0.05) is 32.9 Å². The second kappa shape index (κ2) is 7.18. The van der Waals surface area contributed by atoms with Crippen LogP contribution >= 0.6 is 11.6 Å². The summed E-state index contributed by atoms with van der Waals surface area (Å²) in [6, 6.07) is 16.6. The lowest BCUT2D eigenvalue weighted by atomic mass is 9.92. The van der Waals surface area contributed by atoms with Crippen LogP contribution in [0.4, 0.5) is 5.69 Å². The van der Waals surface area contributed by atoms with E-state index < -0.39 is 23.5 Å². The number of aromatic nitrogens is 1. The maximum absolute atomic E-state index is 13.3. The van der Waals surface area contributed by atoms with E-state index >= 15 is 0 Å². The molecule has 1 amide bonds. The zero-order chi connectivity index (χ0) is 21.7. The molecule has 1 aliphatic rings. The molecule has 0 saturated heterocycles. The number of nitrogens with one attached hydrogen (secondary N) is 1.